The fourth-order valence-electron chi connectivity index (χ4n) is 3.40. The van der Waals surface area contributed by atoms with Crippen molar-refractivity contribution < 1.29 is 18.3 Å². The van der Waals surface area contributed by atoms with Crippen LogP contribution >= 0.6 is 15.9 Å². The molecule has 0 saturated carbocycles. The fraction of sp³-hybridized carbons (Fsp3) is 0.318. The molecule has 0 amide bonds. The lowest BCUT2D eigenvalue weighted by atomic mass is 9.94. The van der Waals surface area contributed by atoms with Crippen molar-refractivity contribution in [2.45, 2.75) is 39.7 Å². The Bertz CT molecular complexity index is 1110. The summed E-state index contributed by atoms with van der Waals surface area (Å²) in [6.07, 6.45) is 0. The van der Waals surface area contributed by atoms with Gasteiger partial charge in [0.15, 0.2) is 0 Å². The summed E-state index contributed by atoms with van der Waals surface area (Å²) in [4.78, 5) is 20.7. The topological polar surface area (TPSA) is 64.1 Å². The van der Waals surface area contributed by atoms with Crippen LogP contribution < -0.4 is 5.32 Å². The quantitative estimate of drug-likeness (QED) is 0.452. The van der Waals surface area contributed by atoms with E-state index >= 15 is 0 Å². The lowest BCUT2D eigenvalue weighted by Crippen LogP contribution is -2.29. The minimum atomic E-state index is -3.72. The van der Waals surface area contributed by atoms with E-state index in [0.717, 1.165) is 15.4 Å². The van der Waals surface area contributed by atoms with Crippen molar-refractivity contribution in [2.75, 3.05) is 11.9 Å². The highest BCUT2D eigenvalue weighted by Gasteiger charge is 2.44. The van der Waals surface area contributed by atoms with E-state index in [1.807, 2.05) is 25.1 Å². The second-order valence-electron chi connectivity index (χ2n) is 6.96. The summed E-state index contributed by atoms with van der Waals surface area (Å²) in [5.74, 6) is -4.07. The molecule has 1 N–H and O–H groups in total. The van der Waals surface area contributed by atoms with Gasteiger partial charge in [0.05, 0.1) is 18.2 Å². The van der Waals surface area contributed by atoms with Gasteiger partial charge in [0.25, 0.3) is 0 Å². The molecule has 5 nitrogen and oxygen atoms in total. The number of nitrogens with zero attached hydrogens (tertiary/aromatic N) is 2. The molecule has 2 aromatic carbocycles. The van der Waals surface area contributed by atoms with Gasteiger partial charge in [-0.2, -0.15) is 8.78 Å². The summed E-state index contributed by atoms with van der Waals surface area (Å²) in [6, 6.07) is 9.86. The van der Waals surface area contributed by atoms with Gasteiger partial charge in [-0.3, -0.25) is 0 Å². The highest BCUT2D eigenvalue weighted by Crippen LogP contribution is 2.36. The van der Waals surface area contributed by atoms with Gasteiger partial charge < -0.3 is 10.1 Å². The number of nitrogens with one attached hydrogen (secondary N) is 1. The van der Waals surface area contributed by atoms with Crippen molar-refractivity contribution in [1.82, 2.24) is 9.97 Å². The molecule has 30 heavy (non-hydrogen) atoms. The van der Waals surface area contributed by atoms with E-state index in [9.17, 15) is 13.6 Å². The normalized spacial score (nSPS) is 12.6. The van der Waals surface area contributed by atoms with Crippen molar-refractivity contribution in [3.8, 4) is 0 Å². The number of hydrogen-bond acceptors (Lipinski definition) is 5. The van der Waals surface area contributed by atoms with E-state index in [1.54, 1.807) is 19.9 Å². The summed E-state index contributed by atoms with van der Waals surface area (Å²) in [7, 11) is 0. The molecule has 0 aliphatic carbocycles. The van der Waals surface area contributed by atoms with Crippen LogP contribution in [0.5, 0.6) is 0 Å². The zero-order valence-electron chi connectivity index (χ0n) is 17.1. The first kappa shape index (κ1) is 22.1. The minimum absolute atomic E-state index is 0.110. The largest absolute Gasteiger partial charge is 0.461 e. The summed E-state index contributed by atoms with van der Waals surface area (Å²) in [6.45, 7) is 6.62. The Labute approximate surface area is 182 Å². The molecular weight excluding hydrogens is 456 g/mol. The fourth-order valence-corrected chi connectivity index (χ4v) is 3.77. The van der Waals surface area contributed by atoms with Gasteiger partial charge in [-0.1, -0.05) is 34.1 Å². The zero-order chi connectivity index (χ0) is 22.1. The number of esters is 1. The maximum absolute atomic E-state index is 14.7. The molecule has 0 aliphatic heterocycles. The van der Waals surface area contributed by atoms with Crippen LogP contribution in [0.1, 0.15) is 42.4 Å². The van der Waals surface area contributed by atoms with E-state index in [-0.39, 0.29) is 18.2 Å². The average Bonchev–Trinajstić information content (AvgIpc) is 2.68. The number of aromatic nitrogens is 2. The van der Waals surface area contributed by atoms with Gasteiger partial charge >= 0.3 is 11.9 Å². The number of halogens is 3. The molecule has 0 aliphatic rings. The van der Waals surface area contributed by atoms with Crippen LogP contribution in [0.3, 0.4) is 0 Å². The smallest absolute Gasteiger partial charge is 0.381 e. The van der Waals surface area contributed by atoms with Gasteiger partial charge in [0.1, 0.15) is 11.6 Å². The molecule has 0 fully saturated rings. The molecule has 0 spiro atoms. The van der Waals surface area contributed by atoms with E-state index < -0.39 is 11.9 Å². The lowest BCUT2D eigenvalue weighted by Gasteiger charge is -2.23. The molecule has 1 heterocycles. The molecule has 8 heteroatoms. The standard InChI is InChI=1S/C22H22BrF2N3O2/c1-5-30-21(29)22(24,25)18-8-6-7-16(12(18)2)13(3)26-20-17-11-15(23)9-10-19(17)27-14(4)28-20/h6-11,13H,5H2,1-4H3,(H,26,27,28)/t13-/m1/s1. The molecule has 0 radical (unpaired) electrons. The molecular formula is C22H22BrF2N3O2. The molecule has 0 bridgehead atoms. The Balaban J connectivity index is 1.99. The van der Waals surface area contributed by atoms with Crippen LogP contribution in [0, 0.1) is 13.8 Å². The third-order valence-corrected chi connectivity index (χ3v) is 5.33. The van der Waals surface area contributed by atoms with E-state index in [0.29, 0.717) is 22.8 Å². The van der Waals surface area contributed by atoms with Gasteiger partial charge in [0, 0.05) is 15.4 Å². The highest BCUT2D eigenvalue weighted by molar-refractivity contribution is 9.10. The summed E-state index contributed by atoms with van der Waals surface area (Å²) < 4.78 is 34.7. The molecule has 0 saturated heterocycles. The second kappa shape index (κ2) is 8.63. The Kier molecular flexibility index (Phi) is 6.36. The Morgan fingerprint density at radius 1 is 1.23 bits per heavy atom. The van der Waals surface area contributed by atoms with E-state index in [1.165, 1.54) is 19.1 Å². The van der Waals surface area contributed by atoms with Crippen LogP contribution in [0.15, 0.2) is 40.9 Å². The Hall–Kier alpha value is -2.61. The predicted octanol–water partition coefficient (Wildman–Crippen LogP) is 5.84. The molecule has 158 valence electrons. The van der Waals surface area contributed by atoms with E-state index in [2.05, 4.69) is 36.0 Å². The van der Waals surface area contributed by atoms with Gasteiger partial charge in [-0.05, 0) is 57.0 Å². The highest BCUT2D eigenvalue weighted by atomic mass is 79.9. The van der Waals surface area contributed by atoms with Crippen LogP contribution in [-0.2, 0) is 15.5 Å². The van der Waals surface area contributed by atoms with Gasteiger partial charge in [0.2, 0.25) is 0 Å². The number of alkyl halides is 2. The summed E-state index contributed by atoms with van der Waals surface area (Å²) in [5.41, 5.74) is 1.38. The van der Waals surface area contributed by atoms with Crippen LogP contribution in [0.2, 0.25) is 0 Å². The van der Waals surface area contributed by atoms with Crippen molar-refractivity contribution in [1.29, 1.82) is 0 Å². The zero-order valence-corrected chi connectivity index (χ0v) is 18.7. The van der Waals surface area contributed by atoms with Crippen molar-refractivity contribution >= 4 is 38.6 Å². The van der Waals surface area contributed by atoms with Gasteiger partial charge in [-0.25, -0.2) is 14.8 Å². The molecule has 3 aromatic rings. The number of aryl methyl sites for hydroxylation is 1. The minimum Gasteiger partial charge on any atom is -0.461 e. The summed E-state index contributed by atoms with van der Waals surface area (Å²) >= 11 is 3.45. The monoisotopic (exact) mass is 477 g/mol. The van der Waals surface area contributed by atoms with Crippen LogP contribution in [0.4, 0.5) is 14.6 Å². The Morgan fingerprint density at radius 3 is 2.67 bits per heavy atom. The molecule has 0 unspecified atom stereocenters. The first-order chi connectivity index (χ1) is 14.1. The van der Waals surface area contributed by atoms with Gasteiger partial charge in [-0.15, -0.1) is 0 Å². The third-order valence-electron chi connectivity index (χ3n) is 4.84. The number of hydrogen-bond donors (Lipinski definition) is 1. The number of fused-ring (bicyclic) bond motifs is 1. The number of rotatable bonds is 6. The third kappa shape index (κ3) is 4.28. The maximum Gasteiger partial charge on any atom is 0.381 e. The van der Waals surface area contributed by atoms with E-state index in [4.69, 9.17) is 0 Å². The first-order valence-electron chi connectivity index (χ1n) is 9.50. The lowest BCUT2D eigenvalue weighted by molar-refractivity contribution is -0.173. The predicted molar refractivity (Wildman–Crippen MR) is 116 cm³/mol. The average molecular weight is 478 g/mol. The number of anilines is 1. The second-order valence-corrected chi connectivity index (χ2v) is 7.88. The molecule has 1 aromatic heterocycles. The Morgan fingerprint density at radius 2 is 1.97 bits per heavy atom. The molecule has 1 atom stereocenters. The maximum atomic E-state index is 14.7. The molecule has 3 rings (SSSR count). The first-order valence-corrected chi connectivity index (χ1v) is 10.3. The number of ether oxygens (including phenoxy) is 1. The summed E-state index contributed by atoms with van der Waals surface area (Å²) in [5, 5.41) is 4.12. The van der Waals surface area contributed by atoms with Crippen molar-refractivity contribution in [3.63, 3.8) is 0 Å². The number of benzene rings is 2. The SMILES string of the molecule is CCOC(=O)C(F)(F)c1cccc([C@@H](C)Nc2nc(C)nc3ccc(Br)cc23)c1C. The van der Waals surface area contributed by atoms with Crippen molar-refractivity contribution in [2.24, 2.45) is 0 Å². The number of carbonyl (C=O) groups excluding carboxylic acids is 1. The van der Waals surface area contributed by atoms with Crippen molar-refractivity contribution in [3.05, 3.63) is 63.4 Å². The number of carbonyl (C=O) groups is 1. The van der Waals surface area contributed by atoms with Crippen LogP contribution in [0.25, 0.3) is 10.9 Å². The van der Waals surface area contributed by atoms with Crippen LogP contribution in [-0.4, -0.2) is 22.5 Å².